The van der Waals surface area contributed by atoms with Crippen molar-refractivity contribution >= 4 is 0 Å². The summed E-state index contributed by atoms with van der Waals surface area (Å²) in [6.45, 7) is 6.17. The first-order valence-electron chi connectivity index (χ1n) is 8.46. The van der Waals surface area contributed by atoms with Crippen molar-refractivity contribution in [3.05, 3.63) is 34.9 Å². The summed E-state index contributed by atoms with van der Waals surface area (Å²) in [5, 5.41) is 3.52. The van der Waals surface area contributed by atoms with E-state index in [9.17, 15) is 0 Å². The molecule has 0 aromatic heterocycles. The molecule has 0 bridgehead atoms. The van der Waals surface area contributed by atoms with Crippen LogP contribution in [0.15, 0.2) is 18.2 Å². The summed E-state index contributed by atoms with van der Waals surface area (Å²) >= 11 is 0. The zero-order valence-corrected chi connectivity index (χ0v) is 12.7. The van der Waals surface area contributed by atoms with Gasteiger partial charge < -0.3 is 10.2 Å². The van der Waals surface area contributed by atoms with Crippen molar-refractivity contribution in [3.8, 4) is 0 Å². The second-order valence-corrected chi connectivity index (χ2v) is 6.34. The lowest BCUT2D eigenvalue weighted by atomic mass is 9.93. The van der Waals surface area contributed by atoms with Gasteiger partial charge in [0.05, 0.1) is 0 Å². The Hall–Kier alpha value is -0.860. The molecule has 1 fully saturated rings. The van der Waals surface area contributed by atoms with Crippen LogP contribution in [0.1, 0.15) is 48.8 Å². The normalized spacial score (nSPS) is 20.4. The van der Waals surface area contributed by atoms with Gasteiger partial charge in [-0.05, 0) is 75.0 Å². The molecule has 1 aromatic rings. The Morgan fingerprint density at radius 1 is 1.05 bits per heavy atom. The minimum Gasteiger partial charge on any atom is -0.312 e. The second-order valence-electron chi connectivity index (χ2n) is 6.34. The van der Waals surface area contributed by atoms with E-state index in [0.717, 1.165) is 13.1 Å². The fourth-order valence-corrected chi connectivity index (χ4v) is 3.67. The molecule has 2 nitrogen and oxygen atoms in total. The van der Waals surface area contributed by atoms with Crippen LogP contribution >= 0.6 is 0 Å². The Bertz CT molecular complexity index is 419. The van der Waals surface area contributed by atoms with E-state index in [2.05, 4.69) is 28.4 Å². The van der Waals surface area contributed by atoms with Crippen LogP contribution in [0.25, 0.3) is 0 Å². The Balaban J connectivity index is 1.53. The van der Waals surface area contributed by atoms with E-state index >= 15 is 0 Å². The molecule has 0 saturated carbocycles. The number of aryl methyl sites for hydroxylation is 1. The fourth-order valence-electron chi connectivity index (χ4n) is 3.67. The third kappa shape index (κ3) is 3.62. The molecule has 3 rings (SSSR count). The first-order chi connectivity index (χ1) is 9.93. The first-order valence-corrected chi connectivity index (χ1v) is 8.46. The SMILES string of the molecule is c1cc(CCCN2CCCCCC2)c2c(c1)CCNC2. The summed E-state index contributed by atoms with van der Waals surface area (Å²) in [6, 6.07) is 6.91. The molecule has 0 atom stereocenters. The van der Waals surface area contributed by atoms with Crippen molar-refractivity contribution in [1.29, 1.82) is 0 Å². The third-order valence-electron chi connectivity index (χ3n) is 4.86. The van der Waals surface area contributed by atoms with Gasteiger partial charge in [-0.3, -0.25) is 0 Å². The summed E-state index contributed by atoms with van der Waals surface area (Å²) in [7, 11) is 0. The molecule has 20 heavy (non-hydrogen) atoms. The van der Waals surface area contributed by atoms with Gasteiger partial charge in [-0.15, -0.1) is 0 Å². The van der Waals surface area contributed by atoms with Crippen molar-refractivity contribution in [2.45, 2.75) is 51.5 Å². The average molecular weight is 272 g/mol. The van der Waals surface area contributed by atoms with Crippen LogP contribution in [-0.2, 0) is 19.4 Å². The molecule has 0 aliphatic carbocycles. The van der Waals surface area contributed by atoms with Gasteiger partial charge in [-0.25, -0.2) is 0 Å². The number of rotatable bonds is 4. The van der Waals surface area contributed by atoms with Crippen molar-refractivity contribution in [1.82, 2.24) is 10.2 Å². The highest BCUT2D eigenvalue weighted by Gasteiger charge is 2.13. The van der Waals surface area contributed by atoms with Gasteiger partial charge in [0.1, 0.15) is 0 Å². The Kier molecular flexibility index (Phi) is 5.10. The topological polar surface area (TPSA) is 15.3 Å². The molecule has 0 spiro atoms. The van der Waals surface area contributed by atoms with Crippen LogP contribution in [0.3, 0.4) is 0 Å². The van der Waals surface area contributed by atoms with Crippen molar-refractivity contribution in [2.24, 2.45) is 0 Å². The third-order valence-corrected chi connectivity index (χ3v) is 4.86. The summed E-state index contributed by atoms with van der Waals surface area (Å²) in [4.78, 5) is 2.68. The summed E-state index contributed by atoms with van der Waals surface area (Å²) in [6.07, 6.45) is 9.46. The summed E-state index contributed by atoms with van der Waals surface area (Å²) in [5.74, 6) is 0. The van der Waals surface area contributed by atoms with Gasteiger partial charge in [-0.1, -0.05) is 31.0 Å². The zero-order valence-electron chi connectivity index (χ0n) is 12.7. The molecular formula is C18H28N2. The van der Waals surface area contributed by atoms with Gasteiger partial charge in [-0.2, -0.15) is 0 Å². The van der Waals surface area contributed by atoms with E-state index in [-0.39, 0.29) is 0 Å². The maximum atomic E-state index is 3.52. The Labute approximate surface area is 123 Å². The largest absolute Gasteiger partial charge is 0.312 e. The molecule has 0 unspecified atom stereocenters. The lowest BCUT2D eigenvalue weighted by Crippen LogP contribution is -2.27. The summed E-state index contributed by atoms with van der Waals surface area (Å²) in [5.41, 5.74) is 4.76. The summed E-state index contributed by atoms with van der Waals surface area (Å²) < 4.78 is 0. The molecule has 1 N–H and O–H groups in total. The lowest BCUT2D eigenvalue weighted by molar-refractivity contribution is 0.281. The quantitative estimate of drug-likeness (QED) is 0.906. The minimum absolute atomic E-state index is 1.08. The molecule has 2 heterocycles. The molecule has 0 amide bonds. The van der Waals surface area contributed by atoms with Gasteiger partial charge >= 0.3 is 0 Å². The lowest BCUT2D eigenvalue weighted by Gasteiger charge is -2.22. The van der Waals surface area contributed by atoms with Gasteiger partial charge in [0, 0.05) is 6.54 Å². The predicted octanol–water partition coefficient (Wildman–Crippen LogP) is 3.14. The molecule has 0 radical (unpaired) electrons. The Morgan fingerprint density at radius 3 is 2.75 bits per heavy atom. The highest BCUT2D eigenvalue weighted by Crippen LogP contribution is 2.20. The van der Waals surface area contributed by atoms with E-state index in [0.29, 0.717) is 0 Å². The number of likely N-dealkylation sites (tertiary alicyclic amines) is 1. The van der Waals surface area contributed by atoms with Gasteiger partial charge in [0.25, 0.3) is 0 Å². The fraction of sp³-hybridized carbons (Fsp3) is 0.667. The molecule has 2 aliphatic rings. The van der Waals surface area contributed by atoms with Gasteiger partial charge in [0.15, 0.2) is 0 Å². The maximum absolute atomic E-state index is 3.52. The number of hydrogen-bond donors (Lipinski definition) is 1. The second kappa shape index (κ2) is 7.24. The monoisotopic (exact) mass is 272 g/mol. The van der Waals surface area contributed by atoms with Crippen LogP contribution in [0, 0.1) is 0 Å². The van der Waals surface area contributed by atoms with E-state index in [1.165, 1.54) is 64.6 Å². The molecule has 1 saturated heterocycles. The van der Waals surface area contributed by atoms with Crippen LogP contribution < -0.4 is 5.32 Å². The number of fused-ring (bicyclic) bond motifs is 1. The molecule has 2 aliphatic heterocycles. The first kappa shape index (κ1) is 14.1. The smallest absolute Gasteiger partial charge is 0.0211 e. The Morgan fingerprint density at radius 2 is 1.90 bits per heavy atom. The highest BCUT2D eigenvalue weighted by atomic mass is 15.1. The van der Waals surface area contributed by atoms with Crippen molar-refractivity contribution in [3.63, 3.8) is 0 Å². The van der Waals surface area contributed by atoms with E-state index in [1.54, 1.807) is 16.7 Å². The number of nitrogens with one attached hydrogen (secondary N) is 1. The number of hydrogen-bond acceptors (Lipinski definition) is 2. The standard InChI is InChI=1S/C18H28N2/c1-2-4-13-20(12-3-1)14-6-9-16-7-5-8-17-10-11-19-15-18(16)17/h5,7-8,19H,1-4,6,9-15H2. The highest BCUT2D eigenvalue weighted by molar-refractivity contribution is 5.37. The van der Waals surface area contributed by atoms with E-state index in [1.807, 2.05) is 0 Å². The van der Waals surface area contributed by atoms with E-state index < -0.39 is 0 Å². The average Bonchev–Trinajstić information content (AvgIpc) is 2.76. The van der Waals surface area contributed by atoms with Crippen molar-refractivity contribution in [2.75, 3.05) is 26.2 Å². The minimum atomic E-state index is 1.08. The van der Waals surface area contributed by atoms with Gasteiger partial charge in [0.2, 0.25) is 0 Å². The molecule has 2 heteroatoms. The van der Waals surface area contributed by atoms with Crippen LogP contribution in [0.5, 0.6) is 0 Å². The van der Waals surface area contributed by atoms with Crippen molar-refractivity contribution < 1.29 is 0 Å². The maximum Gasteiger partial charge on any atom is 0.0211 e. The van der Waals surface area contributed by atoms with Crippen LogP contribution in [0.2, 0.25) is 0 Å². The number of benzene rings is 1. The molecule has 1 aromatic carbocycles. The van der Waals surface area contributed by atoms with Crippen LogP contribution in [-0.4, -0.2) is 31.1 Å². The molecular weight excluding hydrogens is 244 g/mol. The predicted molar refractivity (Wildman–Crippen MR) is 85.1 cm³/mol. The number of nitrogens with zero attached hydrogens (tertiary/aromatic N) is 1. The zero-order chi connectivity index (χ0) is 13.6. The van der Waals surface area contributed by atoms with E-state index in [4.69, 9.17) is 0 Å². The van der Waals surface area contributed by atoms with Crippen LogP contribution in [0.4, 0.5) is 0 Å². The molecule has 110 valence electrons.